The van der Waals surface area contributed by atoms with Gasteiger partial charge < -0.3 is 0 Å². The van der Waals surface area contributed by atoms with E-state index in [1.807, 2.05) is 18.2 Å². The maximum atomic E-state index is 3.98. The van der Waals surface area contributed by atoms with E-state index < -0.39 is 0 Å². The van der Waals surface area contributed by atoms with Gasteiger partial charge in [0, 0.05) is 23.3 Å². The van der Waals surface area contributed by atoms with Crippen molar-refractivity contribution in [3.8, 4) is 0 Å². The Hall–Kier alpha value is -0.591. The summed E-state index contributed by atoms with van der Waals surface area (Å²) in [5.74, 6) is 0. The van der Waals surface area contributed by atoms with Gasteiger partial charge in [0.2, 0.25) is 0 Å². The van der Waals surface area contributed by atoms with Crippen molar-refractivity contribution in [2.24, 2.45) is 0 Å². The Morgan fingerprint density at radius 3 is 2.56 bits per heavy atom. The molecule has 0 aliphatic heterocycles. The second-order valence-corrected chi connectivity index (χ2v) is 1.46. The molecule has 0 atom stereocenters. The van der Waals surface area contributed by atoms with Crippen molar-refractivity contribution >= 4 is 6.08 Å². The van der Waals surface area contributed by atoms with Gasteiger partial charge in [-0.2, -0.15) is 0 Å². The topological polar surface area (TPSA) is 12.9 Å². The molecule has 47 valence electrons. The van der Waals surface area contributed by atoms with Crippen molar-refractivity contribution in [1.82, 2.24) is 4.98 Å². The van der Waals surface area contributed by atoms with Crippen molar-refractivity contribution in [2.45, 2.75) is 0 Å². The molecule has 1 aromatic heterocycles. The molecule has 1 radical (unpaired) electrons. The van der Waals surface area contributed by atoms with Gasteiger partial charge >= 0.3 is 0 Å². The van der Waals surface area contributed by atoms with Gasteiger partial charge in [0.15, 0.2) is 0 Å². The van der Waals surface area contributed by atoms with E-state index in [9.17, 15) is 0 Å². The summed E-state index contributed by atoms with van der Waals surface area (Å²) >= 11 is 0. The molecule has 0 N–H and O–H groups in total. The van der Waals surface area contributed by atoms with Gasteiger partial charge in [0.1, 0.15) is 0 Å². The van der Waals surface area contributed by atoms with E-state index in [1.165, 1.54) is 0 Å². The summed E-state index contributed by atoms with van der Waals surface area (Å²) < 4.78 is 0. The summed E-state index contributed by atoms with van der Waals surface area (Å²) in [7, 11) is 0. The normalized spacial score (nSPS) is 7.56. The second kappa shape index (κ2) is 4.30. The molecular formula is C7H7MnN. The number of pyridine rings is 1. The maximum Gasteiger partial charge on any atom is 0.0623 e. The molecule has 1 aromatic rings. The van der Waals surface area contributed by atoms with Crippen LogP contribution in [0.4, 0.5) is 0 Å². The molecule has 0 spiro atoms. The minimum atomic E-state index is 0. The average molecular weight is 160 g/mol. The summed E-state index contributed by atoms with van der Waals surface area (Å²) in [6.07, 6.45) is 3.47. The molecule has 0 bridgehead atoms. The van der Waals surface area contributed by atoms with Crippen LogP contribution in [0.2, 0.25) is 0 Å². The fraction of sp³-hybridized carbons (Fsp3) is 0. The first-order valence-corrected chi connectivity index (χ1v) is 2.47. The molecule has 9 heavy (non-hydrogen) atoms. The first kappa shape index (κ1) is 8.41. The quantitative estimate of drug-likeness (QED) is 0.570. The molecule has 0 amide bonds. The fourth-order valence-electron chi connectivity index (χ4n) is 0.497. The summed E-state index contributed by atoms with van der Waals surface area (Å²) in [6, 6.07) is 5.73. The van der Waals surface area contributed by atoms with E-state index in [1.54, 1.807) is 12.3 Å². The van der Waals surface area contributed by atoms with Crippen LogP contribution in [0.1, 0.15) is 5.69 Å². The zero-order chi connectivity index (χ0) is 5.82. The number of hydrogen-bond donors (Lipinski definition) is 0. The molecule has 0 saturated carbocycles. The molecule has 0 aliphatic rings. The summed E-state index contributed by atoms with van der Waals surface area (Å²) in [4.78, 5) is 3.98. The van der Waals surface area contributed by atoms with Crippen molar-refractivity contribution in [3.63, 3.8) is 0 Å². The smallest absolute Gasteiger partial charge is 0.0623 e. The zero-order valence-electron chi connectivity index (χ0n) is 4.92. The molecule has 0 aromatic carbocycles. The molecule has 0 fully saturated rings. The standard InChI is InChI=1S/C7H7N.Mn/c1-2-7-5-3-4-6-8-7;/h2-6H,1H2;. The Labute approximate surface area is 65.3 Å². The first-order valence-electron chi connectivity index (χ1n) is 2.47. The SMILES string of the molecule is C=Cc1ccccn1.[Mn]. The Balaban J connectivity index is 0.000000640. The third kappa shape index (κ3) is 2.45. The van der Waals surface area contributed by atoms with Crippen molar-refractivity contribution in [3.05, 3.63) is 36.7 Å². The molecule has 0 aliphatic carbocycles. The van der Waals surface area contributed by atoms with Crippen LogP contribution in [0.3, 0.4) is 0 Å². The van der Waals surface area contributed by atoms with Crippen LogP contribution in [-0.4, -0.2) is 4.98 Å². The zero-order valence-corrected chi connectivity index (χ0v) is 6.10. The van der Waals surface area contributed by atoms with Crippen molar-refractivity contribution in [2.75, 3.05) is 0 Å². The molecular weight excluding hydrogens is 153 g/mol. The minimum Gasteiger partial charge on any atom is -0.257 e. The predicted molar refractivity (Wildman–Crippen MR) is 34.3 cm³/mol. The van der Waals surface area contributed by atoms with Crippen LogP contribution in [0.15, 0.2) is 31.0 Å². The van der Waals surface area contributed by atoms with Crippen molar-refractivity contribution in [1.29, 1.82) is 0 Å². The van der Waals surface area contributed by atoms with Gasteiger partial charge in [-0.15, -0.1) is 0 Å². The Kier molecular flexibility index (Phi) is 4.02. The van der Waals surface area contributed by atoms with E-state index in [4.69, 9.17) is 0 Å². The monoisotopic (exact) mass is 160 g/mol. The van der Waals surface area contributed by atoms with E-state index in [0.717, 1.165) is 5.69 Å². The third-order valence-electron chi connectivity index (χ3n) is 0.897. The number of nitrogens with zero attached hydrogens (tertiary/aromatic N) is 1. The third-order valence-corrected chi connectivity index (χ3v) is 0.897. The molecule has 1 heterocycles. The minimum absolute atomic E-state index is 0. The molecule has 0 saturated heterocycles. The van der Waals surface area contributed by atoms with E-state index >= 15 is 0 Å². The summed E-state index contributed by atoms with van der Waals surface area (Å²) in [6.45, 7) is 3.57. The predicted octanol–water partition coefficient (Wildman–Crippen LogP) is 1.72. The van der Waals surface area contributed by atoms with Gasteiger partial charge in [0.05, 0.1) is 5.69 Å². The first-order chi connectivity index (χ1) is 3.93. The molecule has 1 nitrogen and oxygen atoms in total. The number of aromatic nitrogens is 1. The van der Waals surface area contributed by atoms with Crippen LogP contribution in [-0.2, 0) is 17.1 Å². The molecule has 2 heteroatoms. The largest absolute Gasteiger partial charge is 0.257 e. The Bertz CT molecular complexity index is 172. The van der Waals surface area contributed by atoms with Crippen LogP contribution in [0.25, 0.3) is 6.08 Å². The van der Waals surface area contributed by atoms with Crippen LogP contribution < -0.4 is 0 Å². The number of hydrogen-bond acceptors (Lipinski definition) is 1. The van der Waals surface area contributed by atoms with Gasteiger partial charge in [0.25, 0.3) is 0 Å². The van der Waals surface area contributed by atoms with Crippen LogP contribution in [0.5, 0.6) is 0 Å². The van der Waals surface area contributed by atoms with E-state index in [-0.39, 0.29) is 17.1 Å². The molecule has 0 unspecified atom stereocenters. The van der Waals surface area contributed by atoms with Gasteiger partial charge in [-0.1, -0.05) is 12.6 Å². The maximum absolute atomic E-state index is 3.98. The van der Waals surface area contributed by atoms with Crippen molar-refractivity contribution < 1.29 is 17.1 Å². The Morgan fingerprint density at radius 1 is 1.44 bits per heavy atom. The second-order valence-electron chi connectivity index (χ2n) is 1.46. The number of rotatable bonds is 1. The summed E-state index contributed by atoms with van der Waals surface area (Å²) in [5.41, 5.74) is 0.924. The van der Waals surface area contributed by atoms with Gasteiger partial charge in [-0.25, -0.2) is 0 Å². The van der Waals surface area contributed by atoms with E-state index in [0.29, 0.717) is 0 Å². The van der Waals surface area contributed by atoms with Crippen LogP contribution >= 0.6 is 0 Å². The van der Waals surface area contributed by atoms with Gasteiger partial charge in [-0.3, -0.25) is 4.98 Å². The van der Waals surface area contributed by atoms with Gasteiger partial charge in [-0.05, 0) is 18.2 Å². The van der Waals surface area contributed by atoms with Crippen LogP contribution in [0, 0.1) is 0 Å². The van der Waals surface area contributed by atoms with E-state index in [2.05, 4.69) is 11.6 Å². The molecule has 1 rings (SSSR count). The summed E-state index contributed by atoms with van der Waals surface area (Å²) in [5, 5.41) is 0. The fourth-order valence-corrected chi connectivity index (χ4v) is 0.497. The average Bonchev–Trinajstić information content (AvgIpc) is 1.90. The Morgan fingerprint density at radius 2 is 2.22 bits per heavy atom.